The van der Waals surface area contributed by atoms with Crippen molar-refractivity contribution in [2.75, 3.05) is 10.6 Å². The maximum absolute atomic E-state index is 12.8. The number of nitrogens with zero attached hydrogens (tertiary/aromatic N) is 2. The molecule has 8 heteroatoms. The number of aromatic nitrogens is 2. The average molecular weight is 432 g/mol. The highest BCUT2D eigenvalue weighted by Gasteiger charge is 2.22. The summed E-state index contributed by atoms with van der Waals surface area (Å²) in [6.07, 6.45) is 7.83. The molecule has 1 aliphatic rings. The Hall–Kier alpha value is -2.19. The molecule has 1 aromatic heterocycles. The molecule has 0 spiro atoms. The molecule has 1 saturated carbocycles. The summed E-state index contributed by atoms with van der Waals surface area (Å²) in [5, 5.41) is 6.58. The van der Waals surface area contributed by atoms with E-state index in [1.807, 2.05) is 13.0 Å². The van der Waals surface area contributed by atoms with Crippen molar-refractivity contribution in [2.24, 2.45) is 0 Å². The van der Waals surface area contributed by atoms with Crippen LogP contribution in [0.5, 0.6) is 0 Å². The molecular weight excluding hydrogens is 398 g/mol. The van der Waals surface area contributed by atoms with Crippen LogP contribution < -0.4 is 15.4 Å². The zero-order chi connectivity index (χ0) is 21.8. The van der Waals surface area contributed by atoms with Gasteiger partial charge in [-0.1, -0.05) is 32.3 Å². The normalized spacial score (nSPS) is 15.7. The summed E-state index contributed by atoms with van der Waals surface area (Å²) in [6, 6.07) is 6.88. The van der Waals surface area contributed by atoms with Gasteiger partial charge in [-0.3, -0.25) is 0 Å². The van der Waals surface area contributed by atoms with Crippen molar-refractivity contribution in [1.82, 2.24) is 14.7 Å². The number of hydrogen-bond donors (Lipinski definition) is 3. The molecule has 7 nitrogen and oxygen atoms in total. The van der Waals surface area contributed by atoms with Gasteiger partial charge in [-0.05, 0) is 58.2 Å². The first-order valence-corrected chi connectivity index (χ1v) is 12.2. The minimum atomic E-state index is -3.56. The Morgan fingerprint density at radius 2 is 1.90 bits per heavy atom. The summed E-state index contributed by atoms with van der Waals surface area (Å²) in [6.45, 7) is 8.21. The van der Waals surface area contributed by atoms with Crippen LogP contribution >= 0.6 is 0 Å². The summed E-state index contributed by atoms with van der Waals surface area (Å²) in [7, 11) is -3.56. The first-order chi connectivity index (χ1) is 14.2. The van der Waals surface area contributed by atoms with E-state index in [-0.39, 0.29) is 16.5 Å². The van der Waals surface area contributed by atoms with Crippen molar-refractivity contribution >= 4 is 27.5 Å². The van der Waals surface area contributed by atoms with Crippen molar-refractivity contribution in [3.05, 3.63) is 36.0 Å². The average Bonchev–Trinajstić information content (AvgIpc) is 2.71. The van der Waals surface area contributed by atoms with Gasteiger partial charge in [0.1, 0.15) is 5.82 Å². The Bertz CT molecular complexity index is 969. The lowest BCUT2D eigenvalue weighted by Crippen LogP contribution is -2.36. The fraction of sp³-hybridized carbons (Fsp3) is 0.545. The summed E-state index contributed by atoms with van der Waals surface area (Å²) in [4.78, 5) is 9.21. The number of hydrogen-bond acceptors (Lipinski definition) is 6. The van der Waals surface area contributed by atoms with Gasteiger partial charge < -0.3 is 10.6 Å². The molecule has 0 aliphatic heterocycles. The van der Waals surface area contributed by atoms with Gasteiger partial charge in [-0.15, -0.1) is 0 Å². The Morgan fingerprint density at radius 1 is 1.17 bits per heavy atom. The molecule has 1 heterocycles. The van der Waals surface area contributed by atoms with Crippen LogP contribution in [0.15, 0.2) is 35.4 Å². The van der Waals surface area contributed by atoms with E-state index in [0.29, 0.717) is 17.5 Å². The Balaban J connectivity index is 1.78. The van der Waals surface area contributed by atoms with Crippen LogP contribution in [0.2, 0.25) is 0 Å². The van der Waals surface area contributed by atoms with Crippen LogP contribution in [0.25, 0.3) is 0 Å². The fourth-order valence-corrected chi connectivity index (χ4v) is 4.76. The van der Waals surface area contributed by atoms with Gasteiger partial charge in [0.05, 0.1) is 4.90 Å². The molecule has 0 saturated heterocycles. The van der Waals surface area contributed by atoms with Crippen LogP contribution in [0, 0.1) is 6.92 Å². The fourth-order valence-electron chi connectivity index (χ4n) is 3.41. The van der Waals surface area contributed by atoms with Crippen LogP contribution in [0.4, 0.5) is 17.5 Å². The van der Waals surface area contributed by atoms with Gasteiger partial charge in [0.2, 0.25) is 16.0 Å². The molecule has 2 aromatic rings. The lowest BCUT2D eigenvalue weighted by atomic mass is 9.96. The second kappa shape index (κ2) is 9.31. The Morgan fingerprint density at radius 3 is 2.60 bits per heavy atom. The molecule has 30 heavy (non-hydrogen) atoms. The smallest absolute Gasteiger partial charge is 0.240 e. The van der Waals surface area contributed by atoms with Crippen LogP contribution in [0.3, 0.4) is 0 Å². The predicted molar refractivity (Wildman–Crippen MR) is 122 cm³/mol. The zero-order valence-electron chi connectivity index (χ0n) is 18.3. The van der Waals surface area contributed by atoms with Crippen molar-refractivity contribution < 1.29 is 8.42 Å². The number of rotatable bonds is 8. The maximum Gasteiger partial charge on any atom is 0.240 e. The van der Waals surface area contributed by atoms with Gasteiger partial charge in [0.15, 0.2) is 0 Å². The third-order valence-corrected chi connectivity index (χ3v) is 7.16. The lowest BCUT2D eigenvalue weighted by molar-refractivity contribution is 0.412. The minimum Gasteiger partial charge on any atom is -0.349 e. The predicted octanol–water partition coefficient (Wildman–Crippen LogP) is 4.74. The molecule has 3 N–H and O–H groups in total. The van der Waals surface area contributed by atoms with Crippen LogP contribution in [-0.4, -0.2) is 30.0 Å². The molecule has 0 amide bonds. The lowest BCUT2D eigenvalue weighted by Gasteiger charge is -2.24. The van der Waals surface area contributed by atoms with Crippen LogP contribution in [-0.2, 0) is 10.0 Å². The minimum absolute atomic E-state index is 0.0278. The Labute approximate surface area is 180 Å². The van der Waals surface area contributed by atoms with Crippen molar-refractivity contribution in [3.8, 4) is 0 Å². The van der Waals surface area contributed by atoms with E-state index in [1.54, 1.807) is 24.4 Å². The van der Waals surface area contributed by atoms with Gasteiger partial charge in [-0.25, -0.2) is 18.1 Å². The molecule has 1 aliphatic carbocycles. The monoisotopic (exact) mass is 431 g/mol. The molecular formula is C22H33N5O2S. The third-order valence-electron chi connectivity index (χ3n) is 5.64. The van der Waals surface area contributed by atoms with Gasteiger partial charge in [0.25, 0.3) is 0 Å². The molecule has 1 aromatic carbocycles. The van der Waals surface area contributed by atoms with Gasteiger partial charge in [-0.2, -0.15) is 4.98 Å². The second-order valence-electron chi connectivity index (χ2n) is 8.70. The number of sulfonamides is 1. The SMILES string of the molecule is CCC(C)(C)Nc1ncc(C)c(Nc2cccc(S(=O)(=O)NC3CCCCC3)c2)n1. The molecule has 3 rings (SSSR count). The largest absolute Gasteiger partial charge is 0.349 e. The van der Waals surface area contributed by atoms with Crippen molar-refractivity contribution in [2.45, 2.75) is 82.7 Å². The summed E-state index contributed by atoms with van der Waals surface area (Å²) in [5.41, 5.74) is 1.43. The molecule has 1 fully saturated rings. The third kappa shape index (κ3) is 5.92. The number of nitrogens with one attached hydrogen (secondary N) is 3. The first kappa shape index (κ1) is 22.5. The van der Waals surface area contributed by atoms with Crippen molar-refractivity contribution in [3.63, 3.8) is 0 Å². The highest BCUT2D eigenvalue weighted by Crippen LogP contribution is 2.24. The van der Waals surface area contributed by atoms with E-state index >= 15 is 0 Å². The van der Waals surface area contributed by atoms with E-state index in [1.165, 1.54) is 6.42 Å². The number of aryl methyl sites for hydroxylation is 1. The summed E-state index contributed by atoms with van der Waals surface area (Å²) >= 11 is 0. The van der Waals surface area contributed by atoms with E-state index in [9.17, 15) is 8.42 Å². The van der Waals surface area contributed by atoms with Gasteiger partial charge >= 0.3 is 0 Å². The first-order valence-electron chi connectivity index (χ1n) is 10.7. The van der Waals surface area contributed by atoms with E-state index in [2.05, 4.69) is 46.1 Å². The van der Waals surface area contributed by atoms with Crippen LogP contribution in [0.1, 0.15) is 64.9 Å². The van der Waals surface area contributed by atoms with Gasteiger partial charge in [0, 0.05) is 29.0 Å². The quantitative estimate of drug-likeness (QED) is 0.559. The molecule has 0 atom stereocenters. The summed E-state index contributed by atoms with van der Waals surface area (Å²) < 4.78 is 28.5. The Kier molecular flexibility index (Phi) is 6.98. The standard InChI is InChI=1S/C22H33N5O2S/c1-5-22(3,4)26-21-23-15-16(2)20(25-21)24-18-12-9-13-19(14-18)30(28,29)27-17-10-7-6-8-11-17/h9,12-15,17,27H,5-8,10-11H2,1-4H3,(H2,23,24,25,26). The second-order valence-corrected chi connectivity index (χ2v) is 10.4. The topological polar surface area (TPSA) is 96.0 Å². The highest BCUT2D eigenvalue weighted by molar-refractivity contribution is 7.89. The zero-order valence-corrected chi connectivity index (χ0v) is 19.1. The van der Waals surface area contributed by atoms with Crippen molar-refractivity contribution in [1.29, 1.82) is 0 Å². The van der Waals surface area contributed by atoms with E-state index < -0.39 is 10.0 Å². The summed E-state index contributed by atoms with van der Waals surface area (Å²) in [5.74, 6) is 1.19. The molecule has 0 bridgehead atoms. The van der Waals surface area contributed by atoms with E-state index in [4.69, 9.17) is 0 Å². The highest BCUT2D eigenvalue weighted by atomic mass is 32.2. The maximum atomic E-state index is 12.8. The molecule has 0 radical (unpaired) electrons. The molecule has 0 unspecified atom stereocenters. The number of benzene rings is 1. The molecule has 164 valence electrons. The number of anilines is 3. The van der Waals surface area contributed by atoms with E-state index in [0.717, 1.165) is 37.7 Å².